The minimum atomic E-state index is -0.884. The van der Waals surface area contributed by atoms with E-state index in [1.54, 1.807) is 18.1 Å². The van der Waals surface area contributed by atoms with Gasteiger partial charge in [0.15, 0.2) is 12.5 Å². The molecule has 3 aliphatic rings. The number of aldehydes is 1. The van der Waals surface area contributed by atoms with Gasteiger partial charge in [-0.3, -0.25) is 14.5 Å². The summed E-state index contributed by atoms with van der Waals surface area (Å²) in [5, 5.41) is 20.8. The second-order valence-corrected chi connectivity index (χ2v) is 8.73. The molecule has 0 aromatic heterocycles. The molecule has 1 amide bonds. The fourth-order valence-electron chi connectivity index (χ4n) is 4.71. The molecule has 0 saturated heterocycles. The molecular weight excluding hydrogens is 456 g/mol. The first-order chi connectivity index (χ1) is 17.5. The van der Waals surface area contributed by atoms with Crippen molar-refractivity contribution in [3.63, 3.8) is 0 Å². The summed E-state index contributed by atoms with van der Waals surface area (Å²) in [5.41, 5.74) is 2.85. The van der Waals surface area contributed by atoms with Crippen LogP contribution in [0, 0.1) is 11.3 Å². The molecule has 36 heavy (non-hydrogen) atoms. The van der Waals surface area contributed by atoms with Crippen molar-refractivity contribution in [2.45, 2.75) is 44.9 Å². The van der Waals surface area contributed by atoms with E-state index in [9.17, 15) is 20.0 Å². The van der Waals surface area contributed by atoms with E-state index in [-0.39, 0.29) is 28.7 Å². The SMILES string of the molecule is CCN(CCC1=NC2=CCCC=C2C(O)N1C1=CCC(OC)C=C1)C(=O)c1c(C#N)cccc1C=O. The maximum Gasteiger partial charge on any atom is 0.255 e. The third-order valence-corrected chi connectivity index (χ3v) is 6.67. The molecule has 0 saturated carbocycles. The van der Waals surface area contributed by atoms with Crippen LogP contribution in [0.1, 0.15) is 58.9 Å². The molecule has 1 aromatic rings. The van der Waals surface area contributed by atoms with Crippen LogP contribution in [0.2, 0.25) is 0 Å². The molecule has 0 bridgehead atoms. The monoisotopic (exact) mass is 486 g/mol. The standard InChI is InChI=1S/C28H30N4O4/c1-3-31(28(35)26-19(17-29)7-6-8-20(26)18-33)16-15-25-30-24-10-5-4-9-23(24)27(34)32(25)21-11-13-22(36-2)14-12-21/h6-13,18,22,27,34H,3-5,14-16H2,1-2H3. The number of allylic oxidation sites excluding steroid dienone is 3. The van der Waals surface area contributed by atoms with Gasteiger partial charge in [0, 0.05) is 43.5 Å². The lowest BCUT2D eigenvalue weighted by atomic mass is 9.97. The largest absolute Gasteiger partial charge is 0.377 e. The van der Waals surface area contributed by atoms with Crippen LogP contribution in [0.25, 0.3) is 0 Å². The first-order valence-electron chi connectivity index (χ1n) is 12.2. The lowest BCUT2D eigenvalue weighted by molar-refractivity contribution is 0.0760. The van der Waals surface area contributed by atoms with Crippen LogP contribution in [-0.4, -0.2) is 65.5 Å². The number of amidine groups is 1. The zero-order chi connectivity index (χ0) is 25.7. The maximum atomic E-state index is 13.4. The molecule has 0 spiro atoms. The Morgan fingerprint density at radius 2 is 2.14 bits per heavy atom. The number of benzene rings is 1. The number of rotatable bonds is 8. The quantitative estimate of drug-likeness (QED) is 0.562. The van der Waals surface area contributed by atoms with E-state index in [2.05, 4.69) is 0 Å². The zero-order valence-corrected chi connectivity index (χ0v) is 20.6. The average Bonchev–Trinajstić information content (AvgIpc) is 2.93. The van der Waals surface area contributed by atoms with Gasteiger partial charge >= 0.3 is 0 Å². The Kier molecular flexibility index (Phi) is 7.93. The molecule has 1 heterocycles. The van der Waals surface area contributed by atoms with E-state index in [4.69, 9.17) is 9.73 Å². The molecule has 4 rings (SSSR count). The van der Waals surface area contributed by atoms with E-state index < -0.39 is 6.23 Å². The summed E-state index contributed by atoms with van der Waals surface area (Å²) in [7, 11) is 1.66. The summed E-state index contributed by atoms with van der Waals surface area (Å²) in [6, 6.07) is 6.69. The number of hydrogen-bond acceptors (Lipinski definition) is 7. The Bertz CT molecular complexity index is 1230. The van der Waals surface area contributed by atoms with Crippen molar-refractivity contribution in [1.82, 2.24) is 9.80 Å². The maximum absolute atomic E-state index is 13.4. The van der Waals surface area contributed by atoms with Gasteiger partial charge in [0.2, 0.25) is 0 Å². The Balaban J connectivity index is 1.62. The molecule has 186 valence electrons. The number of nitrogens with zero attached hydrogens (tertiary/aromatic N) is 4. The number of methoxy groups -OCH3 is 1. The molecule has 1 aliphatic heterocycles. The normalized spacial score (nSPS) is 20.9. The molecule has 1 aromatic carbocycles. The average molecular weight is 487 g/mol. The van der Waals surface area contributed by atoms with E-state index in [0.29, 0.717) is 38.1 Å². The minimum absolute atomic E-state index is 0.0131. The molecule has 8 heteroatoms. The Morgan fingerprint density at radius 3 is 2.81 bits per heavy atom. The number of aliphatic imine (C=N–C) groups is 1. The summed E-state index contributed by atoms with van der Waals surface area (Å²) >= 11 is 0. The predicted molar refractivity (Wildman–Crippen MR) is 136 cm³/mol. The van der Waals surface area contributed by atoms with Gasteiger partial charge in [-0.1, -0.05) is 36.4 Å². The van der Waals surface area contributed by atoms with E-state index in [1.807, 2.05) is 48.3 Å². The number of hydrogen-bond donors (Lipinski definition) is 1. The summed E-state index contributed by atoms with van der Waals surface area (Å²) in [6.07, 6.45) is 12.4. The molecule has 2 aliphatic carbocycles. The highest BCUT2D eigenvalue weighted by atomic mass is 16.5. The number of ether oxygens (including phenoxy) is 1. The molecular formula is C28H30N4O4. The van der Waals surface area contributed by atoms with Gasteiger partial charge in [-0.15, -0.1) is 0 Å². The van der Waals surface area contributed by atoms with Gasteiger partial charge in [-0.05, 0) is 38.3 Å². The van der Waals surface area contributed by atoms with Crippen LogP contribution in [0.3, 0.4) is 0 Å². The predicted octanol–water partition coefficient (Wildman–Crippen LogP) is 3.72. The van der Waals surface area contributed by atoms with Crippen molar-refractivity contribution in [1.29, 1.82) is 5.26 Å². The molecule has 0 radical (unpaired) electrons. The van der Waals surface area contributed by atoms with Crippen molar-refractivity contribution in [3.05, 3.63) is 82.2 Å². The number of aliphatic hydroxyl groups excluding tert-OH is 1. The Labute approximate surface area is 211 Å². The van der Waals surface area contributed by atoms with E-state index >= 15 is 0 Å². The van der Waals surface area contributed by atoms with Crippen LogP contribution in [0.4, 0.5) is 0 Å². The van der Waals surface area contributed by atoms with Gasteiger partial charge in [0.25, 0.3) is 5.91 Å². The lowest BCUT2D eigenvalue weighted by Crippen LogP contribution is -2.46. The van der Waals surface area contributed by atoms with Gasteiger partial charge in [0.05, 0.1) is 29.0 Å². The highest BCUT2D eigenvalue weighted by Gasteiger charge is 2.34. The van der Waals surface area contributed by atoms with E-state index in [1.165, 1.54) is 12.1 Å². The summed E-state index contributed by atoms with van der Waals surface area (Å²) < 4.78 is 5.41. The van der Waals surface area contributed by atoms with Gasteiger partial charge in [0.1, 0.15) is 5.84 Å². The Hall–Kier alpha value is -3.80. The van der Waals surface area contributed by atoms with Crippen molar-refractivity contribution < 1.29 is 19.4 Å². The molecule has 1 N–H and O–H groups in total. The number of amides is 1. The number of nitriles is 1. The topological polar surface area (TPSA) is 106 Å². The second-order valence-electron chi connectivity index (χ2n) is 8.73. The molecule has 8 nitrogen and oxygen atoms in total. The summed E-state index contributed by atoms with van der Waals surface area (Å²) in [5.74, 6) is 0.271. The smallest absolute Gasteiger partial charge is 0.255 e. The third-order valence-electron chi connectivity index (χ3n) is 6.67. The third kappa shape index (κ3) is 4.94. The first-order valence-corrected chi connectivity index (χ1v) is 12.2. The lowest BCUT2D eigenvalue weighted by Gasteiger charge is -2.39. The van der Waals surface area contributed by atoms with Gasteiger partial charge in [-0.2, -0.15) is 5.26 Å². The fraction of sp³-hybridized carbons (Fsp3) is 0.357. The second kappa shape index (κ2) is 11.3. The van der Waals surface area contributed by atoms with Crippen LogP contribution < -0.4 is 0 Å². The van der Waals surface area contributed by atoms with Crippen LogP contribution in [0.15, 0.2) is 70.5 Å². The summed E-state index contributed by atoms with van der Waals surface area (Å²) in [6.45, 7) is 2.54. The number of fused-ring (bicyclic) bond motifs is 1. The number of carbonyl (C=O) groups is 2. The van der Waals surface area contributed by atoms with E-state index in [0.717, 1.165) is 29.8 Å². The van der Waals surface area contributed by atoms with Crippen LogP contribution in [-0.2, 0) is 4.74 Å². The van der Waals surface area contributed by atoms with Crippen LogP contribution in [0.5, 0.6) is 0 Å². The van der Waals surface area contributed by atoms with Crippen molar-refractivity contribution >= 4 is 18.0 Å². The molecule has 0 fully saturated rings. The van der Waals surface area contributed by atoms with Crippen molar-refractivity contribution in [2.75, 3.05) is 20.2 Å². The van der Waals surface area contributed by atoms with Crippen LogP contribution >= 0.6 is 0 Å². The zero-order valence-electron chi connectivity index (χ0n) is 20.6. The number of carbonyl (C=O) groups excluding carboxylic acids is 2. The highest BCUT2D eigenvalue weighted by Crippen LogP contribution is 2.33. The molecule has 2 atom stereocenters. The van der Waals surface area contributed by atoms with Crippen molar-refractivity contribution in [3.8, 4) is 6.07 Å². The highest BCUT2D eigenvalue weighted by molar-refractivity contribution is 6.03. The first kappa shape index (κ1) is 25.3. The molecule has 2 unspecified atom stereocenters. The van der Waals surface area contributed by atoms with Gasteiger partial charge < -0.3 is 14.7 Å². The summed E-state index contributed by atoms with van der Waals surface area (Å²) in [4.78, 5) is 33.3. The number of aliphatic hydroxyl groups is 1. The van der Waals surface area contributed by atoms with Crippen molar-refractivity contribution in [2.24, 2.45) is 4.99 Å². The fourth-order valence-corrected chi connectivity index (χ4v) is 4.71. The Morgan fingerprint density at radius 1 is 1.33 bits per heavy atom. The van der Waals surface area contributed by atoms with Gasteiger partial charge in [-0.25, -0.2) is 4.99 Å². The minimum Gasteiger partial charge on any atom is -0.377 e.